The van der Waals surface area contributed by atoms with Crippen LogP contribution in [0.2, 0.25) is 0 Å². The van der Waals surface area contributed by atoms with Gasteiger partial charge < -0.3 is 15.0 Å². The predicted molar refractivity (Wildman–Crippen MR) is 120 cm³/mol. The Bertz CT molecular complexity index is 804. The van der Waals surface area contributed by atoms with Crippen molar-refractivity contribution in [1.29, 1.82) is 0 Å². The second kappa shape index (κ2) is 9.96. The molecular weight excluding hydrogens is 376 g/mol. The Morgan fingerprint density at radius 2 is 1.70 bits per heavy atom. The summed E-state index contributed by atoms with van der Waals surface area (Å²) in [4.78, 5) is 19.5. The monoisotopic (exact) mass is 408 g/mol. The number of piperazine rings is 1. The van der Waals surface area contributed by atoms with Crippen LogP contribution < -0.4 is 10.1 Å². The maximum Gasteiger partial charge on any atom is 0.236 e. The van der Waals surface area contributed by atoms with E-state index in [1.807, 2.05) is 35.2 Å². The van der Waals surface area contributed by atoms with Gasteiger partial charge in [0.2, 0.25) is 5.91 Å². The molecule has 2 aromatic carbocycles. The smallest absolute Gasteiger partial charge is 0.236 e. The van der Waals surface area contributed by atoms with E-state index in [-0.39, 0.29) is 5.91 Å². The van der Waals surface area contributed by atoms with Gasteiger partial charge in [-0.2, -0.15) is 0 Å². The van der Waals surface area contributed by atoms with Crippen LogP contribution >= 0.6 is 0 Å². The molecule has 2 saturated heterocycles. The SMILES string of the molecule is COc1ccc(CN2CCN(C(=O)CN3CCC(Nc4ccccc4)C3)CC2)cc1. The minimum absolute atomic E-state index is 0.263. The lowest BCUT2D eigenvalue weighted by molar-refractivity contribution is -0.134. The maximum atomic E-state index is 12.8. The average Bonchev–Trinajstić information content (AvgIpc) is 3.22. The molecule has 160 valence electrons. The Kier molecular flexibility index (Phi) is 6.87. The largest absolute Gasteiger partial charge is 0.497 e. The van der Waals surface area contributed by atoms with E-state index in [0.717, 1.165) is 63.7 Å². The zero-order valence-electron chi connectivity index (χ0n) is 17.8. The number of rotatable bonds is 7. The summed E-state index contributed by atoms with van der Waals surface area (Å²) < 4.78 is 5.22. The molecule has 0 aromatic heterocycles. The summed E-state index contributed by atoms with van der Waals surface area (Å²) in [5.41, 5.74) is 2.44. The lowest BCUT2D eigenvalue weighted by Crippen LogP contribution is -2.50. The molecule has 0 spiro atoms. The van der Waals surface area contributed by atoms with E-state index in [9.17, 15) is 4.79 Å². The summed E-state index contributed by atoms with van der Waals surface area (Å²) in [5, 5.41) is 3.58. The molecule has 0 saturated carbocycles. The lowest BCUT2D eigenvalue weighted by Gasteiger charge is -2.35. The number of amides is 1. The molecule has 0 bridgehead atoms. The Morgan fingerprint density at radius 1 is 0.967 bits per heavy atom. The second-order valence-corrected chi connectivity index (χ2v) is 8.24. The summed E-state index contributed by atoms with van der Waals surface area (Å²) >= 11 is 0. The van der Waals surface area contributed by atoms with Crippen LogP contribution in [-0.4, -0.2) is 79.6 Å². The Labute approximate surface area is 179 Å². The van der Waals surface area contributed by atoms with E-state index in [2.05, 4.69) is 39.4 Å². The van der Waals surface area contributed by atoms with Crippen molar-refractivity contribution in [2.45, 2.75) is 19.0 Å². The van der Waals surface area contributed by atoms with Gasteiger partial charge in [-0.05, 0) is 36.2 Å². The first kappa shape index (κ1) is 20.7. The highest BCUT2D eigenvalue weighted by molar-refractivity contribution is 5.78. The minimum atomic E-state index is 0.263. The lowest BCUT2D eigenvalue weighted by atomic mass is 10.2. The van der Waals surface area contributed by atoms with Crippen LogP contribution in [0.4, 0.5) is 5.69 Å². The zero-order valence-corrected chi connectivity index (χ0v) is 17.8. The molecule has 2 fully saturated rings. The minimum Gasteiger partial charge on any atom is -0.497 e. The molecular formula is C24H32N4O2. The number of para-hydroxylation sites is 1. The quantitative estimate of drug-likeness (QED) is 0.763. The predicted octanol–water partition coefficient (Wildman–Crippen LogP) is 2.53. The summed E-state index contributed by atoms with van der Waals surface area (Å²) in [6, 6.07) is 19.0. The first-order valence-electron chi connectivity index (χ1n) is 10.9. The van der Waals surface area contributed by atoms with E-state index in [1.54, 1.807) is 7.11 Å². The molecule has 1 amide bonds. The van der Waals surface area contributed by atoms with Crippen molar-refractivity contribution >= 4 is 11.6 Å². The van der Waals surface area contributed by atoms with Gasteiger partial charge in [0.15, 0.2) is 0 Å². The number of hydrogen-bond donors (Lipinski definition) is 1. The van der Waals surface area contributed by atoms with E-state index in [0.29, 0.717) is 12.6 Å². The van der Waals surface area contributed by atoms with Crippen molar-refractivity contribution in [3.63, 3.8) is 0 Å². The molecule has 2 aromatic rings. The van der Waals surface area contributed by atoms with Crippen LogP contribution in [0.1, 0.15) is 12.0 Å². The van der Waals surface area contributed by atoms with Crippen molar-refractivity contribution in [2.75, 3.05) is 58.2 Å². The molecule has 0 radical (unpaired) electrons. The van der Waals surface area contributed by atoms with Gasteiger partial charge in [0.1, 0.15) is 5.75 Å². The van der Waals surface area contributed by atoms with Crippen molar-refractivity contribution in [1.82, 2.24) is 14.7 Å². The van der Waals surface area contributed by atoms with Gasteiger partial charge in [-0.25, -0.2) is 0 Å². The first-order chi connectivity index (χ1) is 14.7. The highest BCUT2D eigenvalue weighted by Crippen LogP contribution is 2.17. The number of nitrogens with zero attached hydrogens (tertiary/aromatic N) is 3. The number of nitrogens with one attached hydrogen (secondary N) is 1. The second-order valence-electron chi connectivity index (χ2n) is 8.24. The molecule has 2 aliphatic heterocycles. The molecule has 30 heavy (non-hydrogen) atoms. The molecule has 1 unspecified atom stereocenters. The van der Waals surface area contributed by atoms with Gasteiger partial charge >= 0.3 is 0 Å². The fourth-order valence-electron chi connectivity index (χ4n) is 4.30. The Hall–Kier alpha value is -2.57. The Morgan fingerprint density at radius 3 is 2.40 bits per heavy atom. The van der Waals surface area contributed by atoms with Crippen LogP contribution in [0.5, 0.6) is 5.75 Å². The van der Waals surface area contributed by atoms with E-state index < -0.39 is 0 Å². The third kappa shape index (κ3) is 5.52. The third-order valence-corrected chi connectivity index (χ3v) is 6.07. The highest BCUT2D eigenvalue weighted by Gasteiger charge is 2.27. The number of likely N-dealkylation sites (tertiary alicyclic amines) is 1. The third-order valence-electron chi connectivity index (χ3n) is 6.07. The number of methoxy groups -OCH3 is 1. The van der Waals surface area contributed by atoms with Crippen molar-refractivity contribution in [3.05, 3.63) is 60.2 Å². The topological polar surface area (TPSA) is 48.1 Å². The number of carbonyl (C=O) groups is 1. The number of benzene rings is 2. The molecule has 6 heteroatoms. The summed E-state index contributed by atoms with van der Waals surface area (Å²) in [6.45, 7) is 6.84. The number of carbonyl (C=O) groups excluding carboxylic acids is 1. The van der Waals surface area contributed by atoms with Crippen molar-refractivity contribution in [3.8, 4) is 5.75 Å². The van der Waals surface area contributed by atoms with Crippen molar-refractivity contribution in [2.24, 2.45) is 0 Å². The maximum absolute atomic E-state index is 12.8. The average molecular weight is 409 g/mol. The van der Waals surface area contributed by atoms with E-state index >= 15 is 0 Å². The molecule has 1 atom stereocenters. The van der Waals surface area contributed by atoms with Crippen molar-refractivity contribution < 1.29 is 9.53 Å². The van der Waals surface area contributed by atoms with Crippen LogP contribution in [-0.2, 0) is 11.3 Å². The van der Waals surface area contributed by atoms with E-state index in [1.165, 1.54) is 5.56 Å². The van der Waals surface area contributed by atoms with Crippen LogP contribution in [0, 0.1) is 0 Å². The van der Waals surface area contributed by atoms with Gasteiger partial charge in [0.25, 0.3) is 0 Å². The van der Waals surface area contributed by atoms with Crippen LogP contribution in [0.3, 0.4) is 0 Å². The molecule has 6 nitrogen and oxygen atoms in total. The van der Waals surface area contributed by atoms with Crippen LogP contribution in [0.25, 0.3) is 0 Å². The standard InChI is InChI=1S/C24H32N4O2/c1-30-23-9-7-20(8-10-23)17-26-13-15-28(16-14-26)24(29)19-27-12-11-22(18-27)25-21-5-3-2-4-6-21/h2-10,22,25H,11-19H2,1H3. The fourth-order valence-corrected chi connectivity index (χ4v) is 4.30. The normalized spacial score (nSPS) is 20.3. The molecule has 1 N–H and O–H groups in total. The summed E-state index contributed by atoms with van der Waals surface area (Å²) in [5.74, 6) is 1.15. The molecule has 0 aliphatic carbocycles. The van der Waals surface area contributed by atoms with Gasteiger partial charge in [0, 0.05) is 57.5 Å². The number of hydrogen-bond acceptors (Lipinski definition) is 5. The molecule has 2 heterocycles. The fraction of sp³-hybridized carbons (Fsp3) is 0.458. The van der Waals surface area contributed by atoms with Gasteiger partial charge in [-0.3, -0.25) is 14.6 Å². The van der Waals surface area contributed by atoms with Gasteiger partial charge in [-0.1, -0.05) is 30.3 Å². The zero-order chi connectivity index (χ0) is 20.8. The van der Waals surface area contributed by atoms with Gasteiger partial charge in [-0.15, -0.1) is 0 Å². The molecule has 2 aliphatic rings. The summed E-state index contributed by atoms with van der Waals surface area (Å²) in [6.07, 6.45) is 1.08. The van der Waals surface area contributed by atoms with E-state index in [4.69, 9.17) is 4.74 Å². The molecule has 4 rings (SSSR count). The number of anilines is 1. The Balaban J connectivity index is 1.18. The van der Waals surface area contributed by atoms with Gasteiger partial charge in [0.05, 0.1) is 13.7 Å². The summed E-state index contributed by atoms with van der Waals surface area (Å²) in [7, 11) is 1.69. The first-order valence-corrected chi connectivity index (χ1v) is 10.9. The highest BCUT2D eigenvalue weighted by atomic mass is 16.5. The van der Waals surface area contributed by atoms with Crippen LogP contribution in [0.15, 0.2) is 54.6 Å². The number of ether oxygens (including phenoxy) is 1.